The van der Waals surface area contributed by atoms with Crippen LogP contribution in [0.2, 0.25) is 0 Å². The van der Waals surface area contributed by atoms with Gasteiger partial charge in [0.2, 0.25) is 0 Å². The maximum atomic E-state index is 12.7. The molecule has 4 heteroatoms. The van der Waals surface area contributed by atoms with E-state index in [0.717, 1.165) is 18.4 Å². The van der Waals surface area contributed by atoms with Gasteiger partial charge < -0.3 is 4.74 Å². The minimum Gasteiger partial charge on any atom is -0.465 e. The molecule has 0 radical (unpaired) electrons. The number of carbonyl (C=O) groups excluding carboxylic acids is 3. The lowest BCUT2D eigenvalue weighted by Crippen LogP contribution is -2.29. The summed E-state index contributed by atoms with van der Waals surface area (Å²) in [5.41, 5.74) is 1.43. The zero-order valence-electron chi connectivity index (χ0n) is 15.7. The van der Waals surface area contributed by atoms with Gasteiger partial charge in [-0.05, 0) is 38.7 Å². The Morgan fingerprint density at radius 1 is 1.27 bits per heavy atom. The van der Waals surface area contributed by atoms with Crippen molar-refractivity contribution in [1.29, 1.82) is 0 Å². The third-order valence-electron chi connectivity index (χ3n) is 4.06. The molecule has 0 heterocycles. The highest BCUT2D eigenvalue weighted by Gasteiger charge is 2.31. The van der Waals surface area contributed by atoms with Crippen molar-refractivity contribution in [2.75, 3.05) is 6.61 Å². The third-order valence-corrected chi connectivity index (χ3v) is 4.06. The van der Waals surface area contributed by atoms with Crippen LogP contribution in [-0.2, 0) is 19.1 Å². The summed E-state index contributed by atoms with van der Waals surface area (Å²) in [6, 6.07) is 0. The third kappa shape index (κ3) is 7.18. The summed E-state index contributed by atoms with van der Waals surface area (Å²) in [6.07, 6.45) is 15.1. The molecule has 0 aromatic carbocycles. The Kier molecular flexibility index (Phi) is 9.91. The first-order valence-electron chi connectivity index (χ1n) is 9.07. The minimum absolute atomic E-state index is 0.128. The summed E-state index contributed by atoms with van der Waals surface area (Å²) in [4.78, 5) is 37.3. The van der Waals surface area contributed by atoms with Crippen LogP contribution in [0.4, 0.5) is 0 Å². The number of Topliss-reactive ketones (excluding diaryl/α,β-unsaturated/α-hetero) is 2. The Morgan fingerprint density at radius 3 is 2.62 bits per heavy atom. The number of carbonyl (C=O) groups is 3. The van der Waals surface area contributed by atoms with E-state index in [1.807, 2.05) is 37.3 Å². The van der Waals surface area contributed by atoms with Crippen molar-refractivity contribution < 1.29 is 19.1 Å². The molecule has 0 amide bonds. The second-order valence-electron chi connectivity index (χ2n) is 6.02. The quantitative estimate of drug-likeness (QED) is 0.312. The number of ketones is 2. The summed E-state index contributed by atoms with van der Waals surface area (Å²) in [7, 11) is 0. The van der Waals surface area contributed by atoms with Crippen LogP contribution in [-0.4, -0.2) is 24.1 Å². The Bertz CT molecular complexity index is 647. The molecule has 0 N–H and O–H groups in total. The summed E-state index contributed by atoms with van der Waals surface area (Å²) in [6.45, 7) is 7.51. The van der Waals surface area contributed by atoms with E-state index in [1.54, 1.807) is 19.1 Å². The molecule has 1 aliphatic rings. The van der Waals surface area contributed by atoms with E-state index in [0.29, 0.717) is 12.0 Å². The molecular formula is C22H28O4. The molecule has 0 fully saturated rings. The van der Waals surface area contributed by atoms with Crippen LogP contribution in [0, 0.1) is 5.92 Å². The van der Waals surface area contributed by atoms with E-state index in [4.69, 9.17) is 4.74 Å². The molecule has 0 saturated carbocycles. The van der Waals surface area contributed by atoms with Crippen LogP contribution in [0.1, 0.15) is 46.0 Å². The molecule has 1 unspecified atom stereocenters. The zero-order valence-corrected chi connectivity index (χ0v) is 15.7. The number of hydrogen-bond donors (Lipinski definition) is 0. The monoisotopic (exact) mass is 356 g/mol. The van der Waals surface area contributed by atoms with Gasteiger partial charge in [-0.2, -0.15) is 0 Å². The van der Waals surface area contributed by atoms with Gasteiger partial charge in [-0.15, -0.1) is 0 Å². The highest BCUT2D eigenvalue weighted by molar-refractivity contribution is 6.11. The fraction of sp³-hybridized carbons (Fsp3) is 0.409. The first kappa shape index (κ1) is 21.6. The summed E-state index contributed by atoms with van der Waals surface area (Å²) in [5, 5.41) is 0. The number of esters is 1. The van der Waals surface area contributed by atoms with Gasteiger partial charge in [0.15, 0.2) is 5.78 Å². The van der Waals surface area contributed by atoms with Crippen LogP contribution in [0.3, 0.4) is 0 Å². The van der Waals surface area contributed by atoms with Gasteiger partial charge in [-0.25, -0.2) is 0 Å². The van der Waals surface area contributed by atoms with Crippen molar-refractivity contribution in [3.63, 3.8) is 0 Å². The van der Waals surface area contributed by atoms with E-state index in [2.05, 4.69) is 6.58 Å². The Hall–Kier alpha value is -2.49. The predicted molar refractivity (Wildman–Crippen MR) is 104 cm³/mol. The molecule has 1 rings (SSSR count). The molecule has 0 aromatic heterocycles. The van der Waals surface area contributed by atoms with Gasteiger partial charge in [0, 0.05) is 18.4 Å². The van der Waals surface area contributed by atoms with Crippen molar-refractivity contribution >= 4 is 17.5 Å². The second kappa shape index (κ2) is 12.0. The van der Waals surface area contributed by atoms with Crippen LogP contribution < -0.4 is 0 Å². The Balaban J connectivity index is 2.78. The maximum Gasteiger partial charge on any atom is 0.317 e. The van der Waals surface area contributed by atoms with Crippen molar-refractivity contribution in [1.82, 2.24) is 0 Å². The van der Waals surface area contributed by atoms with Crippen LogP contribution >= 0.6 is 0 Å². The predicted octanol–water partition coefficient (Wildman–Crippen LogP) is 4.44. The maximum absolute atomic E-state index is 12.7. The molecule has 1 aliphatic carbocycles. The summed E-state index contributed by atoms with van der Waals surface area (Å²) < 4.78 is 5.02. The van der Waals surface area contributed by atoms with Gasteiger partial charge in [0.1, 0.15) is 11.7 Å². The van der Waals surface area contributed by atoms with Gasteiger partial charge in [0.25, 0.3) is 0 Å². The summed E-state index contributed by atoms with van der Waals surface area (Å²) in [5.74, 6) is -2.16. The lowest BCUT2D eigenvalue weighted by molar-refractivity contribution is -0.152. The van der Waals surface area contributed by atoms with Crippen molar-refractivity contribution in [3.05, 3.63) is 60.3 Å². The SMILES string of the molecule is C=C/C(=C\C=C/C)CCC(=O)CC(C(=O)OCC)C(=O)C1=CCCC=C1. The normalized spacial score (nSPS) is 15.5. The highest BCUT2D eigenvalue weighted by Crippen LogP contribution is 2.20. The number of ether oxygens (including phenoxy) is 1. The Labute approximate surface area is 156 Å². The van der Waals surface area contributed by atoms with Gasteiger partial charge in [0.05, 0.1) is 6.61 Å². The smallest absolute Gasteiger partial charge is 0.317 e. The number of rotatable bonds is 11. The van der Waals surface area contributed by atoms with Gasteiger partial charge >= 0.3 is 5.97 Å². The van der Waals surface area contributed by atoms with Crippen molar-refractivity contribution in [2.24, 2.45) is 5.92 Å². The molecule has 26 heavy (non-hydrogen) atoms. The fourth-order valence-corrected chi connectivity index (χ4v) is 2.61. The van der Waals surface area contributed by atoms with E-state index in [9.17, 15) is 14.4 Å². The van der Waals surface area contributed by atoms with Gasteiger partial charge in [-0.1, -0.05) is 49.1 Å². The van der Waals surface area contributed by atoms with Crippen LogP contribution in [0.25, 0.3) is 0 Å². The highest BCUT2D eigenvalue weighted by atomic mass is 16.5. The van der Waals surface area contributed by atoms with E-state index < -0.39 is 11.9 Å². The second-order valence-corrected chi connectivity index (χ2v) is 6.02. The first-order valence-corrected chi connectivity index (χ1v) is 9.07. The Morgan fingerprint density at radius 2 is 2.04 bits per heavy atom. The molecule has 4 nitrogen and oxygen atoms in total. The van der Waals surface area contributed by atoms with E-state index in [-0.39, 0.29) is 31.0 Å². The molecule has 0 bridgehead atoms. The molecule has 0 aliphatic heterocycles. The average Bonchev–Trinajstić information content (AvgIpc) is 2.66. The number of hydrogen-bond acceptors (Lipinski definition) is 4. The van der Waals surface area contributed by atoms with Crippen molar-refractivity contribution in [3.8, 4) is 0 Å². The fourth-order valence-electron chi connectivity index (χ4n) is 2.61. The van der Waals surface area contributed by atoms with Gasteiger partial charge in [-0.3, -0.25) is 14.4 Å². The van der Waals surface area contributed by atoms with Crippen molar-refractivity contribution in [2.45, 2.75) is 46.0 Å². The van der Waals surface area contributed by atoms with Crippen LogP contribution in [0.15, 0.2) is 60.3 Å². The molecule has 140 valence electrons. The largest absolute Gasteiger partial charge is 0.465 e. The average molecular weight is 356 g/mol. The molecular weight excluding hydrogens is 328 g/mol. The first-order chi connectivity index (χ1) is 12.5. The summed E-state index contributed by atoms with van der Waals surface area (Å²) >= 11 is 0. The van der Waals surface area contributed by atoms with Crippen LogP contribution in [0.5, 0.6) is 0 Å². The van der Waals surface area contributed by atoms with E-state index in [1.165, 1.54) is 0 Å². The minimum atomic E-state index is -1.07. The zero-order chi connectivity index (χ0) is 19.4. The standard InChI is InChI=1S/C22H28O4/c1-4-7-11-17(5-2)14-15-19(23)16-20(22(25)26-6-3)21(24)18-12-9-8-10-13-18/h4-5,7,9,11-13,20H,2,6,8,10,14-16H2,1,3H3/b7-4-,17-11+. The molecule has 0 saturated heterocycles. The number of allylic oxidation sites excluding steroid dienone is 9. The molecule has 0 spiro atoms. The van der Waals surface area contributed by atoms with E-state index >= 15 is 0 Å². The molecule has 1 atom stereocenters. The lowest BCUT2D eigenvalue weighted by Gasteiger charge is -2.16. The lowest BCUT2D eigenvalue weighted by atomic mass is 9.89. The topological polar surface area (TPSA) is 60.4 Å². The molecule has 0 aromatic rings.